The van der Waals surface area contributed by atoms with Gasteiger partial charge in [0.05, 0.1) is 71.3 Å². The number of aromatic nitrogens is 1. The zero-order valence-electron chi connectivity index (χ0n) is 16.7. The SMILES string of the molecule is C.OCCOCCOCCOCCOCCNc1ccc(N=Nc2ncc(Cl)s2)cc1. The van der Waals surface area contributed by atoms with Gasteiger partial charge in [0.2, 0.25) is 5.13 Å². The van der Waals surface area contributed by atoms with Gasteiger partial charge in [-0.2, -0.15) is 0 Å². The number of rotatable bonds is 17. The molecule has 0 atom stereocenters. The summed E-state index contributed by atoms with van der Waals surface area (Å²) in [6.07, 6.45) is 1.55. The molecule has 174 valence electrons. The molecular weight excluding hydrogens is 444 g/mol. The van der Waals surface area contributed by atoms with E-state index in [0.29, 0.717) is 68.9 Å². The maximum absolute atomic E-state index is 8.55. The molecule has 1 aromatic heterocycles. The molecule has 0 aliphatic rings. The Labute approximate surface area is 192 Å². The molecular formula is C20H31ClN4O5S. The number of hydrogen-bond acceptors (Lipinski definition) is 10. The quantitative estimate of drug-likeness (QED) is 0.259. The van der Waals surface area contributed by atoms with Crippen LogP contribution in [0.25, 0.3) is 0 Å². The van der Waals surface area contributed by atoms with Crippen molar-refractivity contribution in [3.8, 4) is 0 Å². The first kappa shape index (κ1) is 27.4. The van der Waals surface area contributed by atoms with Crippen LogP contribution >= 0.6 is 22.9 Å². The minimum absolute atomic E-state index is 0. The molecule has 2 aromatic rings. The first-order chi connectivity index (χ1) is 14.8. The molecule has 0 unspecified atom stereocenters. The van der Waals surface area contributed by atoms with Crippen LogP contribution in [0.3, 0.4) is 0 Å². The van der Waals surface area contributed by atoms with Crippen molar-refractivity contribution >= 4 is 39.4 Å². The van der Waals surface area contributed by atoms with Gasteiger partial charge in [0, 0.05) is 12.2 Å². The number of benzene rings is 1. The lowest BCUT2D eigenvalue weighted by molar-refractivity contribution is -0.00463. The van der Waals surface area contributed by atoms with Gasteiger partial charge in [-0.15, -0.1) is 10.2 Å². The smallest absolute Gasteiger partial charge is 0.231 e. The first-order valence-corrected chi connectivity index (χ1v) is 10.8. The Hall–Kier alpha value is -1.66. The van der Waals surface area contributed by atoms with Crippen molar-refractivity contribution in [3.63, 3.8) is 0 Å². The lowest BCUT2D eigenvalue weighted by atomic mass is 10.3. The topological polar surface area (TPSA) is 107 Å². The van der Waals surface area contributed by atoms with Crippen LogP contribution in [0.2, 0.25) is 4.34 Å². The van der Waals surface area contributed by atoms with Gasteiger partial charge in [0.15, 0.2) is 0 Å². The molecule has 31 heavy (non-hydrogen) atoms. The summed E-state index contributed by atoms with van der Waals surface area (Å²) < 4.78 is 21.9. The molecule has 0 bridgehead atoms. The Balaban J connectivity index is 0.00000480. The maximum Gasteiger partial charge on any atom is 0.231 e. The van der Waals surface area contributed by atoms with E-state index in [0.717, 1.165) is 11.4 Å². The van der Waals surface area contributed by atoms with E-state index < -0.39 is 0 Å². The number of nitrogens with one attached hydrogen (secondary N) is 1. The highest BCUT2D eigenvalue weighted by Crippen LogP contribution is 2.27. The van der Waals surface area contributed by atoms with Crippen molar-refractivity contribution in [3.05, 3.63) is 34.8 Å². The van der Waals surface area contributed by atoms with Crippen molar-refractivity contribution in [2.24, 2.45) is 10.2 Å². The fourth-order valence-corrected chi connectivity index (χ4v) is 2.86. The van der Waals surface area contributed by atoms with Crippen LogP contribution in [-0.4, -0.2) is 76.1 Å². The highest BCUT2D eigenvalue weighted by molar-refractivity contribution is 7.19. The third-order valence-corrected chi connectivity index (χ3v) is 4.51. The third-order valence-electron chi connectivity index (χ3n) is 3.51. The van der Waals surface area contributed by atoms with Crippen LogP contribution in [0, 0.1) is 0 Å². The highest BCUT2D eigenvalue weighted by atomic mass is 35.5. The number of thiazole rings is 1. The summed E-state index contributed by atoms with van der Waals surface area (Å²) in [5, 5.41) is 20.5. The molecule has 9 nitrogen and oxygen atoms in total. The van der Waals surface area contributed by atoms with E-state index in [1.807, 2.05) is 24.3 Å². The van der Waals surface area contributed by atoms with Crippen LogP contribution in [0.15, 0.2) is 40.7 Å². The number of aliphatic hydroxyl groups excluding tert-OH is 1. The fraction of sp³-hybridized carbons (Fsp3) is 0.550. The Morgan fingerprint density at radius 3 is 2.00 bits per heavy atom. The number of aliphatic hydroxyl groups is 1. The number of halogens is 1. The van der Waals surface area contributed by atoms with E-state index in [4.69, 9.17) is 35.7 Å². The molecule has 2 rings (SSSR count). The van der Waals surface area contributed by atoms with E-state index in [-0.39, 0.29) is 14.0 Å². The van der Waals surface area contributed by atoms with E-state index in [9.17, 15) is 0 Å². The van der Waals surface area contributed by atoms with Gasteiger partial charge in [-0.25, -0.2) is 4.98 Å². The molecule has 0 saturated carbocycles. The number of azo groups is 1. The van der Waals surface area contributed by atoms with Gasteiger partial charge >= 0.3 is 0 Å². The average Bonchev–Trinajstić information content (AvgIpc) is 3.18. The lowest BCUT2D eigenvalue weighted by Crippen LogP contribution is -2.14. The summed E-state index contributed by atoms with van der Waals surface area (Å²) in [4.78, 5) is 4.02. The second-order valence-electron chi connectivity index (χ2n) is 5.79. The van der Waals surface area contributed by atoms with Gasteiger partial charge in [0.25, 0.3) is 0 Å². The minimum Gasteiger partial charge on any atom is -0.394 e. The number of nitrogens with zero attached hydrogens (tertiary/aromatic N) is 3. The van der Waals surface area contributed by atoms with Crippen LogP contribution in [0.5, 0.6) is 0 Å². The van der Waals surface area contributed by atoms with Crippen LogP contribution in [-0.2, 0) is 18.9 Å². The minimum atomic E-state index is 0. The van der Waals surface area contributed by atoms with E-state index >= 15 is 0 Å². The zero-order chi connectivity index (χ0) is 21.3. The maximum atomic E-state index is 8.55. The molecule has 0 radical (unpaired) electrons. The van der Waals surface area contributed by atoms with Gasteiger partial charge in [0.1, 0.15) is 4.34 Å². The van der Waals surface area contributed by atoms with Crippen molar-refractivity contribution in [2.45, 2.75) is 7.43 Å². The Morgan fingerprint density at radius 1 is 0.871 bits per heavy atom. The number of ether oxygens (including phenoxy) is 4. The number of anilines is 1. The van der Waals surface area contributed by atoms with Gasteiger partial charge < -0.3 is 29.4 Å². The predicted octanol–water partition coefficient (Wildman–Crippen LogP) is 4.32. The van der Waals surface area contributed by atoms with Crippen LogP contribution < -0.4 is 5.32 Å². The predicted molar refractivity (Wildman–Crippen MR) is 123 cm³/mol. The molecule has 2 N–H and O–H groups in total. The molecule has 0 aliphatic heterocycles. The normalized spacial score (nSPS) is 11.0. The van der Waals surface area contributed by atoms with Gasteiger partial charge in [-0.1, -0.05) is 30.4 Å². The summed E-state index contributed by atoms with van der Waals surface area (Å²) in [7, 11) is 0. The van der Waals surface area contributed by atoms with E-state index in [1.54, 1.807) is 6.20 Å². The molecule has 0 saturated heterocycles. The number of hydrogen-bond donors (Lipinski definition) is 2. The summed E-state index contributed by atoms with van der Waals surface area (Å²) in [6.45, 7) is 4.69. The fourth-order valence-electron chi connectivity index (χ4n) is 2.13. The molecule has 0 spiro atoms. The third kappa shape index (κ3) is 13.4. The summed E-state index contributed by atoms with van der Waals surface area (Å²) >= 11 is 7.09. The average molecular weight is 475 g/mol. The lowest BCUT2D eigenvalue weighted by Gasteiger charge is -2.08. The van der Waals surface area contributed by atoms with E-state index in [1.165, 1.54) is 11.3 Å². The summed E-state index contributed by atoms with van der Waals surface area (Å²) in [5.41, 5.74) is 1.72. The second-order valence-corrected chi connectivity index (χ2v) is 7.43. The van der Waals surface area contributed by atoms with Crippen LogP contribution in [0.1, 0.15) is 7.43 Å². The molecule has 0 aliphatic carbocycles. The standard InChI is InChI=1S/C19H27ClN4O5S.CH4/c20-18-15-22-19(30-18)24-23-17-3-1-16(2-4-17)21-5-7-26-9-11-28-13-14-29-12-10-27-8-6-25;/h1-4,15,21,25H,5-14H2;1H4. The Kier molecular flexibility index (Phi) is 15.9. The molecule has 1 aromatic carbocycles. The van der Waals surface area contributed by atoms with Crippen LogP contribution in [0.4, 0.5) is 16.5 Å². The summed E-state index contributed by atoms with van der Waals surface area (Å²) in [6, 6.07) is 7.61. The summed E-state index contributed by atoms with van der Waals surface area (Å²) in [5.74, 6) is 0. The second kappa shape index (κ2) is 18.0. The van der Waals surface area contributed by atoms with E-state index in [2.05, 4.69) is 20.5 Å². The first-order valence-electron chi connectivity index (χ1n) is 9.57. The van der Waals surface area contributed by atoms with Crippen molar-refractivity contribution in [1.29, 1.82) is 0 Å². The molecule has 11 heteroatoms. The molecule has 0 fully saturated rings. The monoisotopic (exact) mass is 474 g/mol. The highest BCUT2D eigenvalue weighted by Gasteiger charge is 1.98. The molecule has 1 heterocycles. The molecule has 0 amide bonds. The van der Waals surface area contributed by atoms with Crippen molar-refractivity contribution in [1.82, 2.24) is 4.98 Å². The Morgan fingerprint density at radius 2 is 1.45 bits per heavy atom. The Bertz CT molecular complexity index is 718. The van der Waals surface area contributed by atoms with Gasteiger partial charge in [-0.05, 0) is 24.3 Å². The largest absolute Gasteiger partial charge is 0.394 e. The van der Waals surface area contributed by atoms with Gasteiger partial charge in [-0.3, -0.25) is 0 Å². The zero-order valence-corrected chi connectivity index (χ0v) is 18.2. The van der Waals surface area contributed by atoms with Crippen molar-refractivity contribution in [2.75, 3.05) is 71.3 Å². The van der Waals surface area contributed by atoms with Crippen molar-refractivity contribution < 1.29 is 24.1 Å².